The molecule has 3 nitrogen and oxygen atoms in total. The molecule has 2 atom stereocenters. The Kier molecular flexibility index (Phi) is 5.73. The van der Waals surface area contributed by atoms with E-state index in [0.717, 1.165) is 37.9 Å². The average molecular weight is 284 g/mol. The molecule has 0 aromatic heterocycles. The van der Waals surface area contributed by atoms with Gasteiger partial charge in [-0.15, -0.1) is 0 Å². The Morgan fingerprint density at radius 1 is 1.25 bits per heavy atom. The minimum Gasteiger partial charge on any atom is -0.434 e. The summed E-state index contributed by atoms with van der Waals surface area (Å²) in [7, 11) is 0. The zero-order valence-corrected chi connectivity index (χ0v) is 11.7. The minimum absolute atomic E-state index is 0.00644. The summed E-state index contributed by atoms with van der Waals surface area (Å²) in [6.07, 6.45) is 3.30. The van der Waals surface area contributed by atoms with Gasteiger partial charge in [0.25, 0.3) is 0 Å². The van der Waals surface area contributed by atoms with Crippen LogP contribution in [0, 0.1) is 0 Å². The van der Waals surface area contributed by atoms with Crippen molar-refractivity contribution in [1.29, 1.82) is 0 Å². The highest BCUT2D eigenvalue weighted by Gasteiger charge is 2.18. The normalized spacial score (nSPS) is 21.5. The number of hydrogen-bond donors (Lipinski definition) is 2. The molecule has 1 fully saturated rings. The predicted molar refractivity (Wildman–Crippen MR) is 75.1 cm³/mol. The van der Waals surface area contributed by atoms with Crippen LogP contribution in [-0.4, -0.2) is 25.7 Å². The molecular formula is C15H22F2N2O. The molecule has 2 N–H and O–H groups in total. The first-order chi connectivity index (χ1) is 9.66. The van der Waals surface area contributed by atoms with Gasteiger partial charge in [0.2, 0.25) is 0 Å². The van der Waals surface area contributed by atoms with E-state index in [2.05, 4.69) is 15.4 Å². The van der Waals surface area contributed by atoms with E-state index in [0.29, 0.717) is 6.04 Å². The van der Waals surface area contributed by atoms with Crippen molar-refractivity contribution in [2.45, 2.75) is 44.9 Å². The molecule has 112 valence electrons. The number of ether oxygens (including phenoxy) is 1. The SMILES string of the molecule is CC(NC1CCCNCC1)c1ccccc1OC(F)F. The maximum Gasteiger partial charge on any atom is 0.387 e. The van der Waals surface area contributed by atoms with Gasteiger partial charge in [-0.25, -0.2) is 0 Å². The number of benzene rings is 1. The Morgan fingerprint density at radius 2 is 2.05 bits per heavy atom. The van der Waals surface area contributed by atoms with Gasteiger partial charge in [0.1, 0.15) is 5.75 Å². The quantitative estimate of drug-likeness (QED) is 0.872. The van der Waals surface area contributed by atoms with E-state index in [4.69, 9.17) is 0 Å². The van der Waals surface area contributed by atoms with Crippen LogP contribution in [0.25, 0.3) is 0 Å². The molecule has 0 radical (unpaired) electrons. The highest BCUT2D eigenvalue weighted by molar-refractivity contribution is 5.35. The number of para-hydroxylation sites is 1. The summed E-state index contributed by atoms with van der Waals surface area (Å²) in [5, 5.41) is 6.89. The molecule has 2 unspecified atom stereocenters. The van der Waals surface area contributed by atoms with Crippen molar-refractivity contribution in [3.8, 4) is 5.75 Å². The average Bonchev–Trinajstić information content (AvgIpc) is 2.67. The van der Waals surface area contributed by atoms with Crippen molar-refractivity contribution in [3.63, 3.8) is 0 Å². The van der Waals surface area contributed by atoms with E-state index in [9.17, 15) is 8.78 Å². The first-order valence-electron chi connectivity index (χ1n) is 7.17. The molecule has 0 bridgehead atoms. The van der Waals surface area contributed by atoms with Gasteiger partial charge in [-0.05, 0) is 45.3 Å². The first kappa shape index (κ1) is 15.2. The number of rotatable bonds is 5. The number of hydrogen-bond acceptors (Lipinski definition) is 3. The maximum absolute atomic E-state index is 12.4. The lowest BCUT2D eigenvalue weighted by Crippen LogP contribution is -2.32. The monoisotopic (exact) mass is 284 g/mol. The third-order valence-electron chi connectivity index (χ3n) is 3.66. The van der Waals surface area contributed by atoms with Gasteiger partial charge in [0.05, 0.1) is 0 Å². The zero-order chi connectivity index (χ0) is 14.4. The first-order valence-corrected chi connectivity index (χ1v) is 7.17. The van der Waals surface area contributed by atoms with Gasteiger partial charge in [0.15, 0.2) is 0 Å². The smallest absolute Gasteiger partial charge is 0.387 e. The summed E-state index contributed by atoms with van der Waals surface area (Å²) in [5.41, 5.74) is 0.782. The topological polar surface area (TPSA) is 33.3 Å². The predicted octanol–water partition coefficient (Wildman–Crippen LogP) is 3.08. The molecule has 5 heteroatoms. The maximum atomic E-state index is 12.4. The summed E-state index contributed by atoms with van der Waals surface area (Å²) in [4.78, 5) is 0. The lowest BCUT2D eigenvalue weighted by atomic mass is 10.0. The molecule has 1 aliphatic rings. The molecule has 20 heavy (non-hydrogen) atoms. The van der Waals surface area contributed by atoms with Gasteiger partial charge < -0.3 is 15.4 Å². The number of nitrogens with one attached hydrogen (secondary N) is 2. The van der Waals surface area contributed by atoms with Crippen LogP contribution in [0.1, 0.15) is 37.8 Å². The third kappa shape index (κ3) is 4.42. The highest BCUT2D eigenvalue weighted by Crippen LogP contribution is 2.27. The molecule has 0 spiro atoms. The second-order valence-corrected chi connectivity index (χ2v) is 5.18. The van der Waals surface area contributed by atoms with Crippen LogP contribution >= 0.6 is 0 Å². The fourth-order valence-electron chi connectivity index (χ4n) is 2.67. The molecule has 1 heterocycles. The van der Waals surface area contributed by atoms with E-state index in [1.807, 2.05) is 19.1 Å². The van der Waals surface area contributed by atoms with Gasteiger partial charge >= 0.3 is 6.61 Å². The molecular weight excluding hydrogens is 262 g/mol. The molecule has 0 aliphatic carbocycles. The van der Waals surface area contributed by atoms with E-state index in [-0.39, 0.29) is 11.8 Å². The summed E-state index contributed by atoms with van der Waals surface area (Å²) < 4.78 is 29.4. The Morgan fingerprint density at radius 3 is 2.85 bits per heavy atom. The van der Waals surface area contributed by atoms with Crippen molar-refractivity contribution >= 4 is 0 Å². The molecule has 1 aromatic rings. The van der Waals surface area contributed by atoms with E-state index in [1.54, 1.807) is 12.1 Å². The molecule has 2 rings (SSSR count). The summed E-state index contributed by atoms with van der Waals surface area (Å²) >= 11 is 0. The lowest BCUT2D eigenvalue weighted by Gasteiger charge is -2.23. The second kappa shape index (κ2) is 7.55. The Hall–Kier alpha value is -1.20. The van der Waals surface area contributed by atoms with Crippen LogP contribution in [0.5, 0.6) is 5.75 Å². The summed E-state index contributed by atoms with van der Waals surface area (Å²) in [6, 6.07) is 7.40. The summed E-state index contributed by atoms with van der Waals surface area (Å²) in [5.74, 6) is 0.259. The van der Waals surface area contributed by atoms with Crippen LogP contribution < -0.4 is 15.4 Å². The van der Waals surface area contributed by atoms with Crippen LogP contribution in [0.15, 0.2) is 24.3 Å². The highest BCUT2D eigenvalue weighted by atomic mass is 19.3. The van der Waals surface area contributed by atoms with Crippen LogP contribution in [-0.2, 0) is 0 Å². The van der Waals surface area contributed by atoms with Gasteiger partial charge in [-0.3, -0.25) is 0 Å². The van der Waals surface area contributed by atoms with Gasteiger partial charge in [-0.1, -0.05) is 18.2 Å². The van der Waals surface area contributed by atoms with Crippen molar-refractivity contribution in [3.05, 3.63) is 29.8 Å². The van der Waals surface area contributed by atoms with E-state index >= 15 is 0 Å². The van der Waals surface area contributed by atoms with Crippen LogP contribution in [0.4, 0.5) is 8.78 Å². The van der Waals surface area contributed by atoms with Gasteiger partial charge in [0, 0.05) is 17.6 Å². The second-order valence-electron chi connectivity index (χ2n) is 5.18. The van der Waals surface area contributed by atoms with Crippen LogP contribution in [0.2, 0.25) is 0 Å². The molecule has 1 aliphatic heterocycles. The fraction of sp³-hybridized carbons (Fsp3) is 0.600. The Labute approximate surface area is 118 Å². The van der Waals surface area contributed by atoms with Crippen molar-refractivity contribution in [2.75, 3.05) is 13.1 Å². The minimum atomic E-state index is -2.79. The molecule has 1 saturated heterocycles. The Bertz CT molecular complexity index is 407. The lowest BCUT2D eigenvalue weighted by molar-refractivity contribution is -0.0506. The standard InChI is InChI=1S/C15H22F2N2O/c1-11(19-12-5-4-9-18-10-8-12)13-6-2-3-7-14(13)20-15(16)17/h2-3,6-7,11-12,15,18-19H,4-5,8-10H2,1H3. The fourth-order valence-corrected chi connectivity index (χ4v) is 2.67. The largest absolute Gasteiger partial charge is 0.434 e. The van der Waals surface area contributed by atoms with Crippen molar-refractivity contribution in [1.82, 2.24) is 10.6 Å². The van der Waals surface area contributed by atoms with E-state index < -0.39 is 6.61 Å². The van der Waals surface area contributed by atoms with E-state index in [1.165, 1.54) is 0 Å². The molecule has 1 aromatic carbocycles. The molecule has 0 saturated carbocycles. The van der Waals surface area contributed by atoms with Crippen molar-refractivity contribution < 1.29 is 13.5 Å². The Balaban J connectivity index is 2.02. The summed E-state index contributed by atoms with van der Waals surface area (Å²) in [6.45, 7) is 1.26. The van der Waals surface area contributed by atoms with Gasteiger partial charge in [-0.2, -0.15) is 8.78 Å². The van der Waals surface area contributed by atoms with Crippen molar-refractivity contribution in [2.24, 2.45) is 0 Å². The molecule has 0 amide bonds. The number of alkyl halides is 2. The number of halogens is 2. The third-order valence-corrected chi connectivity index (χ3v) is 3.66. The van der Waals surface area contributed by atoms with Crippen LogP contribution in [0.3, 0.4) is 0 Å². The zero-order valence-electron chi connectivity index (χ0n) is 11.7.